The van der Waals surface area contributed by atoms with Crippen LogP contribution in [-0.2, 0) is 0 Å². The molecule has 2 radical (unpaired) electrons. The second kappa shape index (κ2) is 7.92. The van der Waals surface area contributed by atoms with Crippen molar-refractivity contribution in [3.8, 4) is 28.8 Å². The van der Waals surface area contributed by atoms with Crippen molar-refractivity contribution in [2.75, 3.05) is 19.7 Å². The number of aromatic hydroxyl groups is 1. The number of hydrogen-bond donors (Lipinski definition) is 2. The van der Waals surface area contributed by atoms with Crippen LogP contribution in [0.5, 0.6) is 11.5 Å². The number of hydrogen-bond acceptors (Lipinski definition) is 5. The first kappa shape index (κ1) is 18.3. The fourth-order valence-electron chi connectivity index (χ4n) is 3.64. The Morgan fingerprint density at radius 2 is 2.04 bits per heavy atom. The maximum atomic E-state index is 10.5. The molecule has 0 spiro atoms. The fourth-order valence-corrected chi connectivity index (χ4v) is 4.24. The molecule has 2 fully saturated rings. The van der Waals surface area contributed by atoms with Gasteiger partial charge in [0.05, 0.1) is 0 Å². The number of nitrogens with zero attached hydrogens (tertiary/aromatic N) is 2. The van der Waals surface area contributed by atoms with Gasteiger partial charge in [0.1, 0.15) is 0 Å². The van der Waals surface area contributed by atoms with Gasteiger partial charge in [-0.15, -0.1) is 0 Å². The summed E-state index contributed by atoms with van der Waals surface area (Å²) < 4.78 is 6.64. The monoisotopic (exact) mass is 423 g/mol. The van der Waals surface area contributed by atoms with Crippen LogP contribution < -0.4 is 14.5 Å². The third kappa shape index (κ3) is 3.98. The molecule has 5 nitrogen and oxygen atoms in total. The van der Waals surface area contributed by atoms with E-state index in [-0.39, 0.29) is 5.75 Å². The molecule has 1 aliphatic heterocycles. The van der Waals surface area contributed by atoms with Crippen molar-refractivity contribution in [2.45, 2.75) is 31.6 Å². The Labute approximate surface area is 168 Å². The van der Waals surface area contributed by atoms with E-state index in [0.717, 1.165) is 31.5 Å². The van der Waals surface area contributed by atoms with E-state index in [1.807, 2.05) is 12.1 Å². The van der Waals surface area contributed by atoms with Crippen molar-refractivity contribution in [1.29, 1.82) is 5.26 Å². The molecular formula is C21H22AsN3O2. The summed E-state index contributed by atoms with van der Waals surface area (Å²) in [5.74, 6) is 1.76. The Balaban J connectivity index is 1.77. The zero-order valence-corrected chi connectivity index (χ0v) is 17.0. The van der Waals surface area contributed by atoms with E-state index in [1.54, 1.807) is 12.1 Å². The first-order chi connectivity index (χ1) is 13.2. The molecule has 6 heteroatoms. The molecule has 0 amide bonds. The minimum atomic E-state index is 0.156. The number of benzene rings is 1. The van der Waals surface area contributed by atoms with E-state index in [1.165, 1.54) is 12.8 Å². The first-order valence-corrected chi connectivity index (χ1v) is 10.4. The Morgan fingerprint density at radius 3 is 2.74 bits per heavy atom. The van der Waals surface area contributed by atoms with Gasteiger partial charge in [-0.2, -0.15) is 0 Å². The predicted octanol–water partition coefficient (Wildman–Crippen LogP) is 2.38. The SMILES string of the molecule is N#Cc1c(C2CCNCC2)cc(-c2c(O)cccc2OCC2CC2)nc1[As]. The van der Waals surface area contributed by atoms with E-state index in [2.05, 4.69) is 33.2 Å². The zero-order chi connectivity index (χ0) is 18.8. The molecule has 4 rings (SSSR count). The second-order valence-electron chi connectivity index (χ2n) is 7.34. The minimum absolute atomic E-state index is 0.156. The number of rotatable bonds is 5. The number of phenolic OH excluding ortho intramolecular Hbond substituents is 1. The second-order valence-corrected chi connectivity index (χ2v) is 8.22. The van der Waals surface area contributed by atoms with Crippen LogP contribution in [0.4, 0.5) is 0 Å². The van der Waals surface area contributed by atoms with Crippen molar-refractivity contribution >= 4 is 21.3 Å². The van der Waals surface area contributed by atoms with E-state index in [0.29, 0.717) is 45.5 Å². The van der Waals surface area contributed by atoms with E-state index < -0.39 is 0 Å². The summed E-state index contributed by atoms with van der Waals surface area (Å²) in [5, 5.41) is 23.6. The molecular weight excluding hydrogens is 401 g/mol. The van der Waals surface area contributed by atoms with E-state index in [9.17, 15) is 10.4 Å². The van der Waals surface area contributed by atoms with Crippen molar-refractivity contribution in [3.05, 3.63) is 35.4 Å². The summed E-state index contributed by atoms with van der Waals surface area (Å²) in [7, 11) is 0. The number of ether oxygens (including phenoxy) is 1. The third-order valence-corrected chi connectivity index (χ3v) is 6.03. The molecule has 0 bridgehead atoms. The number of nitrogens with one attached hydrogen (secondary N) is 1. The van der Waals surface area contributed by atoms with Gasteiger partial charge < -0.3 is 0 Å². The molecule has 0 atom stereocenters. The molecule has 0 unspecified atom stereocenters. The van der Waals surface area contributed by atoms with Crippen molar-refractivity contribution in [1.82, 2.24) is 10.3 Å². The van der Waals surface area contributed by atoms with Crippen LogP contribution in [0.3, 0.4) is 0 Å². The number of phenols is 1. The van der Waals surface area contributed by atoms with Gasteiger partial charge in [0.15, 0.2) is 0 Å². The average Bonchev–Trinajstić information content (AvgIpc) is 3.51. The Bertz CT molecular complexity index is 884. The van der Waals surface area contributed by atoms with Gasteiger partial charge in [0.2, 0.25) is 0 Å². The zero-order valence-electron chi connectivity index (χ0n) is 15.1. The van der Waals surface area contributed by atoms with Crippen molar-refractivity contribution in [2.24, 2.45) is 5.92 Å². The van der Waals surface area contributed by atoms with Gasteiger partial charge in [0.25, 0.3) is 0 Å². The molecule has 1 aromatic heterocycles. The first-order valence-electron chi connectivity index (χ1n) is 9.47. The summed E-state index contributed by atoms with van der Waals surface area (Å²) in [6, 6.07) is 9.64. The summed E-state index contributed by atoms with van der Waals surface area (Å²) in [4.78, 5) is 4.63. The number of nitriles is 1. The Kier molecular flexibility index (Phi) is 5.38. The van der Waals surface area contributed by atoms with Crippen LogP contribution in [0.15, 0.2) is 24.3 Å². The molecule has 1 saturated heterocycles. The normalized spacial score (nSPS) is 17.5. The van der Waals surface area contributed by atoms with Crippen LogP contribution in [-0.4, -0.2) is 46.6 Å². The van der Waals surface area contributed by atoms with Crippen LogP contribution in [0, 0.1) is 17.2 Å². The average molecular weight is 423 g/mol. The van der Waals surface area contributed by atoms with Crippen LogP contribution in [0.1, 0.15) is 42.7 Å². The van der Waals surface area contributed by atoms with Crippen LogP contribution in [0.25, 0.3) is 11.3 Å². The number of piperidine rings is 1. The topological polar surface area (TPSA) is 78.2 Å². The van der Waals surface area contributed by atoms with E-state index >= 15 is 0 Å². The van der Waals surface area contributed by atoms with Gasteiger partial charge in [-0.3, -0.25) is 0 Å². The van der Waals surface area contributed by atoms with Crippen LogP contribution in [0.2, 0.25) is 0 Å². The number of pyridine rings is 1. The van der Waals surface area contributed by atoms with Gasteiger partial charge in [-0.25, -0.2) is 0 Å². The molecule has 1 aliphatic carbocycles. The van der Waals surface area contributed by atoms with Crippen LogP contribution >= 0.6 is 0 Å². The fraction of sp³-hybridized carbons (Fsp3) is 0.429. The van der Waals surface area contributed by atoms with E-state index in [4.69, 9.17) is 4.74 Å². The molecule has 27 heavy (non-hydrogen) atoms. The molecule has 2 N–H and O–H groups in total. The van der Waals surface area contributed by atoms with Crippen molar-refractivity contribution in [3.63, 3.8) is 0 Å². The van der Waals surface area contributed by atoms with Gasteiger partial charge in [-0.1, -0.05) is 0 Å². The van der Waals surface area contributed by atoms with Gasteiger partial charge in [0, 0.05) is 0 Å². The molecule has 2 aromatic rings. The van der Waals surface area contributed by atoms with Gasteiger partial charge >= 0.3 is 168 Å². The van der Waals surface area contributed by atoms with Gasteiger partial charge in [-0.05, 0) is 0 Å². The molecule has 1 aromatic carbocycles. The Morgan fingerprint density at radius 1 is 1.26 bits per heavy atom. The summed E-state index contributed by atoms with van der Waals surface area (Å²) in [6.45, 7) is 2.57. The molecule has 2 aliphatic rings. The Hall–Kier alpha value is -2.02. The molecule has 2 heterocycles. The summed E-state index contributed by atoms with van der Waals surface area (Å²) >= 11 is 2.41. The number of aromatic nitrogens is 1. The predicted molar refractivity (Wildman–Crippen MR) is 105 cm³/mol. The quantitative estimate of drug-likeness (QED) is 0.723. The standard InChI is InChI=1S/C21H22AsN3O2/c22-21-16(11-23)15(14-6-8-24-9-7-14)10-17(25-21)20-18(26)2-1-3-19(20)27-12-13-4-5-13/h1-3,10,13-14,24,26H,4-9,12H2. The third-order valence-electron chi connectivity index (χ3n) is 5.35. The summed E-state index contributed by atoms with van der Waals surface area (Å²) in [5.41, 5.74) is 2.95. The van der Waals surface area contributed by atoms with Crippen molar-refractivity contribution < 1.29 is 9.84 Å². The molecule has 1 saturated carbocycles. The summed E-state index contributed by atoms with van der Waals surface area (Å²) in [6.07, 6.45) is 4.41. The maximum absolute atomic E-state index is 10.5. The molecule has 138 valence electrons.